The quantitative estimate of drug-likeness (QED) is 0.325. The van der Waals surface area contributed by atoms with Gasteiger partial charge >= 0.3 is 0 Å². The van der Waals surface area contributed by atoms with Gasteiger partial charge in [-0.2, -0.15) is 4.98 Å². The number of anilines is 1. The molecular weight excluding hydrogens is 476 g/mol. The van der Waals surface area contributed by atoms with Gasteiger partial charge in [-0.3, -0.25) is 14.9 Å². The first kappa shape index (κ1) is 23.9. The second kappa shape index (κ2) is 9.13. The monoisotopic (exact) mass is 506 g/mol. The van der Waals surface area contributed by atoms with Crippen LogP contribution in [0.1, 0.15) is 52.9 Å². The molecule has 0 unspecified atom stereocenters. The van der Waals surface area contributed by atoms with Gasteiger partial charge in [0.15, 0.2) is 5.65 Å². The number of rotatable bonds is 6. The van der Waals surface area contributed by atoms with Crippen LogP contribution < -0.4 is 10.6 Å². The molecule has 192 valence electrons. The maximum absolute atomic E-state index is 13.4. The lowest BCUT2D eigenvalue weighted by molar-refractivity contribution is -0.117. The highest BCUT2D eigenvalue weighted by atomic mass is 16.2. The highest BCUT2D eigenvalue weighted by Crippen LogP contribution is 2.32. The van der Waals surface area contributed by atoms with Gasteiger partial charge in [-0.05, 0) is 80.1 Å². The third-order valence-electron chi connectivity index (χ3n) is 7.30. The van der Waals surface area contributed by atoms with E-state index >= 15 is 0 Å². The molecule has 3 heterocycles. The number of carbonyl (C=O) groups excluding carboxylic acids is 2. The second-order valence-electron chi connectivity index (χ2n) is 10.4. The van der Waals surface area contributed by atoms with Gasteiger partial charge in [0, 0.05) is 36.3 Å². The van der Waals surface area contributed by atoms with Crippen molar-refractivity contribution >= 4 is 34.3 Å². The van der Waals surface area contributed by atoms with E-state index in [1.165, 1.54) is 0 Å². The van der Waals surface area contributed by atoms with Crippen molar-refractivity contribution in [2.45, 2.75) is 39.7 Å². The van der Waals surface area contributed by atoms with Crippen LogP contribution in [-0.2, 0) is 11.8 Å². The van der Waals surface area contributed by atoms with Gasteiger partial charge in [0.1, 0.15) is 0 Å². The van der Waals surface area contributed by atoms with E-state index in [0.29, 0.717) is 17.2 Å². The molecule has 0 spiro atoms. The van der Waals surface area contributed by atoms with Gasteiger partial charge in [-0.1, -0.05) is 29.8 Å². The van der Waals surface area contributed by atoms with Gasteiger partial charge in [0.2, 0.25) is 11.9 Å². The molecule has 1 fully saturated rings. The normalized spacial score (nSPS) is 14.1. The Bertz CT molecular complexity index is 1730. The minimum Gasteiger partial charge on any atom is -0.350 e. The van der Waals surface area contributed by atoms with Crippen LogP contribution >= 0.6 is 0 Å². The van der Waals surface area contributed by atoms with Crippen LogP contribution in [0.3, 0.4) is 0 Å². The van der Waals surface area contributed by atoms with E-state index in [1.54, 1.807) is 4.52 Å². The third-order valence-corrected chi connectivity index (χ3v) is 7.30. The molecule has 0 saturated heterocycles. The molecule has 0 bridgehead atoms. The average molecular weight is 507 g/mol. The number of nitrogens with one attached hydrogen (secondary N) is 2. The van der Waals surface area contributed by atoms with Crippen molar-refractivity contribution in [3.63, 3.8) is 0 Å². The van der Waals surface area contributed by atoms with Crippen LogP contribution in [0, 0.1) is 19.8 Å². The lowest BCUT2D eigenvalue weighted by Gasteiger charge is -2.15. The molecule has 6 rings (SSSR count). The molecule has 2 N–H and O–H groups in total. The summed E-state index contributed by atoms with van der Waals surface area (Å²) in [6.45, 7) is 6.12. The molecule has 2 aromatic carbocycles. The van der Waals surface area contributed by atoms with Crippen molar-refractivity contribution in [3.05, 3.63) is 83.2 Å². The molecule has 0 aliphatic heterocycles. The van der Waals surface area contributed by atoms with Crippen molar-refractivity contribution in [2.24, 2.45) is 13.0 Å². The molecule has 8 heteroatoms. The number of aryl methyl sites for hydroxylation is 3. The van der Waals surface area contributed by atoms with Crippen molar-refractivity contribution in [1.82, 2.24) is 24.5 Å². The van der Waals surface area contributed by atoms with Crippen molar-refractivity contribution in [1.29, 1.82) is 0 Å². The summed E-state index contributed by atoms with van der Waals surface area (Å²) in [4.78, 5) is 30.0. The van der Waals surface area contributed by atoms with Crippen LogP contribution in [0.5, 0.6) is 0 Å². The summed E-state index contributed by atoms with van der Waals surface area (Å²) >= 11 is 0. The lowest BCUT2D eigenvalue weighted by Crippen LogP contribution is -2.26. The summed E-state index contributed by atoms with van der Waals surface area (Å²) < 4.78 is 3.66. The molecule has 38 heavy (non-hydrogen) atoms. The minimum absolute atomic E-state index is 0.0194. The topological polar surface area (TPSA) is 93.3 Å². The number of amides is 2. The van der Waals surface area contributed by atoms with Crippen LogP contribution in [0.4, 0.5) is 5.95 Å². The summed E-state index contributed by atoms with van der Waals surface area (Å²) in [5, 5.41) is 11.3. The maximum Gasteiger partial charge on any atom is 0.253 e. The van der Waals surface area contributed by atoms with Crippen LogP contribution in [0.25, 0.3) is 27.7 Å². The van der Waals surface area contributed by atoms with E-state index in [4.69, 9.17) is 0 Å². The molecule has 1 aliphatic rings. The van der Waals surface area contributed by atoms with Crippen LogP contribution in [-0.4, -0.2) is 31.0 Å². The van der Waals surface area contributed by atoms with Gasteiger partial charge in [0.05, 0.1) is 11.6 Å². The van der Waals surface area contributed by atoms with E-state index in [9.17, 15) is 9.59 Å². The molecule has 1 saturated carbocycles. The summed E-state index contributed by atoms with van der Waals surface area (Å²) in [7, 11) is 1.96. The van der Waals surface area contributed by atoms with E-state index in [-0.39, 0.29) is 23.8 Å². The highest BCUT2D eigenvalue weighted by Gasteiger charge is 2.30. The van der Waals surface area contributed by atoms with E-state index in [0.717, 1.165) is 51.6 Å². The molecule has 3 aromatic heterocycles. The zero-order chi connectivity index (χ0) is 26.6. The third kappa shape index (κ3) is 4.42. The Morgan fingerprint density at radius 1 is 1.08 bits per heavy atom. The van der Waals surface area contributed by atoms with E-state index < -0.39 is 0 Å². The Balaban J connectivity index is 1.33. The van der Waals surface area contributed by atoms with Gasteiger partial charge in [-0.15, -0.1) is 5.10 Å². The van der Waals surface area contributed by atoms with Gasteiger partial charge in [0.25, 0.3) is 5.91 Å². The number of nitrogens with zero attached hydrogens (tertiary/aromatic N) is 4. The molecule has 5 aromatic rings. The fourth-order valence-electron chi connectivity index (χ4n) is 4.98. The first-order chi connectivity index (χ1) is 18.3. The zero-order valence-corrected chi connectivity index (χ0v) is 21.9. The first-order valence-corrected chi connectivity index (χ1v) is 12.9. The average Bonchev–Trinajstić information content (AvgIpc) is 3.60. The molecule has 8 nitrogen and oxygen atoms in total. The second-order valence-corrected chi connectivity index (χ2v) is 10.4. The Labute approximate surface area is 220 Å². The van der Waals surface area contributed by atoms with Crippen molar-refractivity contribution in [2.75, 3.05) is 5.32 Å². The number of pyridine rings is 1. The van der Waals surface area contributed by atoms with E-state index in [1.807, 2.05) is 55.2 Å². The molecular formula is C30H30N6O2. The Morgan fingerprint density at radius 3 is 2.66 bits per heavy atom. The predicted octanol–water partition coefficient (Wildman–Crippen LogP) is 5.34. The number of aromatic nitrogens is 4. The first-order valence-electron chi connectivity index (χ1n) is 12.9. The zero-order valence-electron chi connectivity index (χ0n) is 21.9. The molecule has 1 atom stereocenters. The van der Waals surface area contributed by atoms with Gasteiger partial charge < -0.3 is 9.88 Å². The minimum atomic E-state index is -0.118. The highest BCUT2D eigenvalue weighted by molar-refractivity contribution is 6.08. The van der Waals surface area contributed by atoms with E-state index in [2.05, 4.69) is 58.8 Å². The van der Waals surface area contributed by atoms with Crippen LogP contribution in [0.15, 0.2) is 60.9 Å². The Morgan fingerprint density at radius 2 is 1.89 bits per heavy atom. The largest absolute Gasteiger partial charge is 0.350 e. The fraction of sp³-hybridized carbons (Fsp3) is 0.267. The Hall–Kier alpha value is -4.46. The maximum atomic E-state index is 13.4. The van der Waals surface area contributed by atoms with Crippen LogP contribution in [0.2, 0.25) is 0 Å². The summed E-state index contributed by atoms with van der Waals surface area (Å²) in [5.41, 5.74) is 7.58. The number of fused-ring (bicyclic) bond motifs is 2. The van der Waals surface area contributed by atoms with Crippen molar-refractivity contribution < 1.29 is 9.59 Å². The van der Waals surface area contributed by atoms with Crippen molar-refractivity contribution in [3.8, 4) is 11.1 Å². The lowest BCUT2D eigenvalue weighted by atomic mass is 9.98. The SMILES string of the molecule is Cc1cccc([C@H](C)NC(=O)c2cn(C)c3cc(C)c(-c4ccn5nc(NC(=O)C6CC6)nc5c4)cc23)c1. The molecule has 1 aliphatic carbocycles. The molecule has 0 radical (unpaired) electrons. The Kier molecular flexibility index (Phi) is 5.75. The summed E-state index contributed by atoms with van der Waals surface area (Å²) in [6.07, 6.45) is 5.59. The fourth-order valence-corrected chi connectivity index (χ4v) is 4.98. The number of carbonyl (C=O) groups is 2. The van der Waals surface area contributed by atoms with Gasteiger partial charge in [-0.25, -0.2) is 4.52 Å². The predicted molar refractivity (Wildman–Crippen MR) is 148 cm³/mol. The number of hydrogen-bond acceptors (Lipinski definition) is 4. The molecule has 2 amide bonds. The number of hydrogen-bond donors (Lipinski definition) is 2. The smallest absolute Gasteiger partial charge is 0.253 e. The summed E-state index contributed by atoms with van der Waals surface area (Å²) in [5.74, 6) is 0.275. The standard InChI is InChI=1S/C30H30N6O2/c1-17-6-5-7-21(12-17)19(3)31-29(38)25-16-35(4)26-13-18(2)23(15-24(25)26)22-10-11-36-27(14-22)32-30(34-36)33-28(37)20-8-9-20/h5-7,10-16,19-20H,8-9H2,1-4H3,(H,31,38)(H,33,34,37)/t19-/m0/s1. The number of benzene rings is 2. The summed E-state index contributed by atoms with van der Waals surface area (Å²) in [6, 6.07) is 16.2.